The summed E-state index contributed by atoms with van der Waals surface area (Å²) in [5.41, 5.74) is 0. The van der Waals surface area contributed by atoms with E-state index in [1.54, 1.807) is 0 Å². The first-order chi connectivity index (χ1) is 19.8. The molecule has 0 radical (unpaired) electrons. The van der Waals surface area contributed by atoms with Gasteiger partial charge in [0, 0.05) is 12.8 Å². The van der Waals surface area contributed by atoms with Crippen LogP contribution in [0.2, 0.25) is 0 Å². The van der Waals surface area contributed by atoms with Crippen LogP contribution in [0.4, 0.5) is 0 Å². The molecule has 0 saturated carbocycles. The summed E-state index contributed by atoms with van der Waals surface area (Å²) in [5.74, 6) is -1.91. The monoisotopic (exact) mass is 588 g/mol. The Morgan fingerprint density at radius 1 is 0.707 bits per heavy atom. The average molecular weight is 589 g/mol. The third kappa shape index (κ3) is 11.0. The molecule has 3 N–H and O–H groups in total. The van der Waals surface area contributed by atoms with Crippen LogP contribution in [0.15, 0.2) is 0 Å². The summed E-state index contributed by atoms with van der Waals surface area (Å²) in [6, 6.07) is 0. The van der Waals surface area contributed by atoms with E-state index in [1.165, 1.54) is 44.9 Å². The minimum Gasteiger partial charge on any atom is -0.462 e. The molecule has 0 aliphatic carbocycles. The summed E-state index contributed by atoms with van der Waals surface area (Å²) in [6.45, 7) is 3.90. The van der Waals surface area contributed by atoms with Gasteiger partial charge >= 0.3 is 11.9 Å². The van der Waals surface area contributed by atoms with Crippen molar-refractivity contribution < 1.29 is 53.3 Å². The van der Waals surface area contributed by atoms with Gasteiger partial charge in [0.15, 0.2) is 12.4 Å². The Labute approximate surface area is 244 Å². The van der Waals surface area contributed by atoms with Gasteiger partial charge in [0.05, 0.1) is 6.61 Å². The second-order valence-electron chi connectivity index (χ2n) is 11.6. The summed E-state index contributed by atoms with van der Waals surface area (Å²) in [7, 11) is 0. The van der Waals surface area contributed by atoms with Gasteiger partial charge in [-0.3, -0.25) is 9.59 Å². The number of aliphatic hydroxyl groups excluding tert-OH is 3. The molecular weight excluding hydrogens is 536 g/mol. The number of fused-ring (bicyclic) bond motifs is 1. The Bertz CT molecular complexity index is 772. The molecule has 3 rings (SSSR count). The third-order valence-electron chi connectivity index (χ3n) is 7.91. The van der Waals surface area contributed by atoms with Crippen LogP contribution < -0.4 is 0 Å². The molecule has 3 fully saturated rings. The van der Waals surface area contributed by atoms with Gasteiger partial charge in [0.1, 0.15) is 31.0 Å². The first kappa shape index (κ1) is 34.2. The number of unbranched alkanes of at least 4 members (excludes halogenated alkanes) is 12. The number of hydrogen-bond acceptors (Lipinski definition) is 11. The fourth-order valence-electron chi connectivity index (χ4n) is 5.14. The van der Waals surface area contributed by atoms with E-state index in [4.69, 9.17) is 28.4 Å². The van der Waals surface area contributed by atoms with E-state index in [9.17, 15) is 24.9 Å². The quantitative estimate of drug-likeness (QED) is 0.0910. The molecule has 0 aromatic carbocycles. The number of carbonyl (C=O) groups excluding carboxylic acids is 2. The van der Waals surface area contributed by atoms with E-state index in [2.05, 4.69) is 13.8 Å². The summed E-state index contributed by atoms with van der Waals surface area (Å²) in [6.07, 6.45) is 7.22. The maximum atomic E-state index is 12.6. The molecule has 0 aromatic heterocycles. The molecule has 0 spiro atoms. The predicted molar refractivity (Wildman–Crippen MR) is 147 cm³/mol. The first-order valence-electron chi connectivity index (χ1n) is 15.8. The summed E-state index contributed by atoms with van der Waals surface area (Å²) >= 11 is 0. The van der Waals surface area contributed by atoms with Crippen molar-refractivity contribution in [1.82, 2.24) is 0 Å². The van der Waals surface area contributed by atoms with E-state index < -0.39 is 54.9 Å². The number of rotatable bonds is 23. The SMILES string of the molecule is CCCCCCCCCC(=O)OC[C@H](CO[C@@H]1O[C@H](C23OC2O3)[C@H](O)[C@H](O)[C@H]1O)OC(=O)CCCCCCCCC. The van der Waals surface area contributed by atoms with Gasteiger partial charge in [-0.05, 0) is 12.8 Å². The summed E-state index contributed by atoms with van der Waals surface area (Å²) in [5, 5.41) is 31.0. The van der Waals surface area contributed by atoms with Crippen molar-refractivity contribution in [2.24, 2.45) is 0 Å². The van der Waals surface area contributed by atoms with E-state index in [-0.39, 0.29) is 32.0 Å². The van der Waals surface area contributed by atoms with Crippen LogP contribution in [-0.4, -0.2) is 89.4 Å². The highest BCUT2D eigenvalue weighted by molar-refractivity contribution is 5.70. The Balaban J connectivity index is 1.43. The molecule has 3 aliphatic rings. The summed E-state index contributed by atoms with van der Waals surface area (Å²) in [4.78, 5) is 24.9. The lowest BCUT2D eigenvalue weighted by Crippen LogP contribution is -2.61. The van der Waals surface area contributed by atoms with Gasteiger partial charge in [0.2, 0.25) is 6.29 Å². The van der Waals surface area contributed by atoms with Gasteiger partial charge < -0.3 is 43.7 Å². The van der Waals surface area contributed by atoms with Gasteiger partial charge in [-0.25, -0.2) is 0 Å². The second kappa shape index (κ2) is 17.7. The van der Waals surface area contributed by atoms with Crippen molar-refractivity contribution in [1.29, 1.82) is 0 Å². The molecule has 6 atom stereocenters. The molecule has 0 bridgehead atoms. The maximum Gasteiger partial charge on any atom is 0.306 e. The van der Waals surface area contributed by atoms with Gasteiger partial charge in [0.25, 0.3) is 5.79 Å². The standard InChI is InChI=1S/C30H52O11/c1-3-5-7-9-11-13-15-17-22(31)36-19-21(38-23(32)18-16-14-12-10-8-6-4-2)20-37-28-26(35)24(33)25(34)27(39-28)30-29(40-30)41-30/h21,24-29,33-35H,3-20H2,1-2H3/t21-,24+,25-,26-,27+,28-,29?,30?/m1/s1. The van der Waals surface area contributed by atoms with Crippen LogP contribution in [-0.2, 0) is 38.0 Å². The molecule has 11 heteroatoms. The smallest absolute Gasteiger partial charge is 0.306 e. The maximum absolute atomic E-state index is 12.6. The van der Waals surface area contributed by atoms with Crippen molar-refractivity contribution in [3.05, 3.63) is 0 Å². The topological polar surface area (TPSA) is 157 Å². The first-order valence-corrected chi connectivity index (χ1v) is 15.8. The highest BCUT2D eigenvalue weighted by Gasteiger charge is 2.84. The number of esters is 2. The minimum atomic E-state index is -1.56. The summed E-state index contributed by atoms with van der Waals surface area (Å²) < 4.78 is 32.8. The lowest BCUT2D eigenvalue weighted by atomic mass is 9.96. The third-order valence-corrected chi connectivity index (χ3v) is 7.91. The molecule has 3 heterocycles. The molecule has 0 unspecified atom stereocenters. The molecule has 11 nitrogen and oxygen atoms in total. The Hall–Kier alpha value is -1.34. The van der Waals surface area contributed by atoms with E-state index >= 15 is 0 Å². The Morgan fingerprint density at radius 3 is 1.76 bits per heavy atom. The predicted octanol–water partition coefficient (Wildman–Crippen LogP) is 3.63. The lowest BCUT2D eigenvalue weighted by Gasteiger charge is -2.40. The highest BCUT2D eigenvalue weighted by atomic mass is 17.0. The van der Waals surface area contributed by atoms with Gasteiger partial charge in [-0.15, -0.1) is 0 Å². The molecule has 238 valence electrons. The van der Waals surface area contributed by atoms with Crippen LogP contribution in [0.5, 0.6) is 0 Å². The van der Waals surface area contributed by atoms with E-state index in [0.717, 1.165) is 38.5 Å². The van der Waals surface area contributed by atoms with E-state index in [0.29, 0.717) is 6.42 Å². The minimum absolute atomic E-state index is 0.201. The molecular formula is C30H52O11. The number of ether oxygens (including phenoxy) is 6. The Kier molecular flexibility index (Phi) is 14.7. The van der Waals surface area contributed by atoms with Crippen LogP contribution in [0.25, 0.3) is 0 Å². The van der Waals surface area contributed by atoms with Gasteiger partial charge in [-0.2, -0.15) is 0 Å². The fraction of sp³-hybridized carbons (Fsp3) is 0.933. The van der Waals surface area contributed by atoms with Crippen molar-refractivity contribution in [2.45, 2.75) is 165 Å². The van der Waals surface area contributed by atoms with E-state index in [1.807, 2.05) is 0 Å². The normalized spacial score (nSPS) is 30.9. The van der Waals surface area contributed by atoms with Crippen molar-refractivity contribution >= 4 is 11.9 Å². The number of carbonyl (C=O) groups is 2. The van der Waals surface area contributed by atoms with Crippen LogP contribution in [0.1, 0.15) is 117 Å². The zero-order chi connectivity index (χ0) is 29.7. The Morgan fingerprint density at radius 2 is 1.22 bits per heavy atom. The van der Waals surface area contributed by atoms with Crippen LogP contribution in [0.3, 0.4) is 0 Å². The lowest BCUT2D eigenvalue weighted by molar-refractivity contribution is -0.321. The number of epoxide rings is 2. The largest absolute Gasteiger partial charge is 0.462 e. The highest BCUT2D eigenvalue weighted by Crippen LogP contribution is 2.60. The zero-order valence-electron chi connectivity index (χ0n) is 24.9. The van der Waals surface area contributed by atoms with Crippen molar-refractivity contribution in [2.75, 3.05) is 13.2 Å². The second-order valence-corrected chi connectivity index (χ2v) is 11.6. The zero-order valence-corrected chi connectivity index (χ0v) is 24.9. The fourth-order valence-corrected chi connectivity index (χ4v) is 5.14. The average Bonchev–Trinajstić information content (AvgIpc) is 3.84. The van der Waals surface area contributed by atoms with Crippen molar-refractivity contribution in [3.8, 4) is 0 Å². The van der Waals surface area contributed by atoms with Crippen LogP contribution in [0, 0.1) is 0 Å². The number of aliphatic hydroxyl groups is 3. The molecule has 41 heavy (non-hydrogen) atoms. The molecule has 3 saturated heterocycles. The van der Waals surface area contributed by atoms with Crippen LogP contribution >= 0.6 is 0 Å². The van der Waals surface area contributed by atoms with Gasteiger partial charge in [-0.1, -0.05) is 90.9 Å². The molecule has 3 aliphatic heterocycles. The van der Waals surface area contributed by atoms with Crippen molar-refractivity contribution in [3.63, 3.8) is 0 Å². The molecule has 0 aromatic rings. The number of hydrogen-bond donors (Lipinski definition) is 3. The molecule has 0 amide bonds.